The van der Waals surface area contributed by atoms with E-state index >= 15 is 0 Å². The van der Waals surface area contributed by atoms with Crippen molar-refractivity contribution in [2.75, 3.05) is 0 Å². The van der Waals surface area contributed by atoms with Gasteiger partial charge in [-0.1, -0.05) is 30.3 Å². The fraction of sp³-hybridized carbons (Fsp3) is 0.200. The first-order chi connectivity index (χ1) is 7.09. The van der Waals surface area contributed by atoms with Crippen LogP contribution in [0.3, 0.4) is 0 Å². The first kappa shape index (κ1) is 11.2. The molecule has 1 aromatic carbocycles. The second-order valence-electron chi connectivity index (χ2n) is 2.98. The molecule has 0 saturated carbocycles. The quantitative estimate of drug-likeness (QED) is 0.567. The summed E-state index contributed by atoms with van der Waals surface area (Å²) in [6, 6.07) is 8.10. The van der Waals surface area contributed by atoms with Crippen LogP contribution in [0.5, 0.6) is 0 Å². The standard InChI is InChI=1S/C10H11NO4/c11-8(9(12)15-10(13)14)6-7-4-2-1-3-5-7/h1-5,8H,6,11H2,(H,13,14). The van der Waals surface area contributed by atoms with Crippen LogP contribution in [-0.4, -0.2) is 23.3 Å². The molecule has 0 radical (unpaired) electrons. The third-order valence-corrected chi connectivity index (χ3v) is 1.79. The Kier molecular flexibility index (Phi) is 3.82. The monoisotopic (exact) mass is 209 g/mol. The largest absolute Gasteiger partial charge is 0.513 e. The molecule has 15 heavy (non-hydrogen) atoms. The second kappa shape index (κ2) is 5.11. The third kappa shape index (κ3) is 3.78. The van der Waals surface area contributed by atoms with Crippen LogP contribution in [-0.2, 0) is 16.0 Å². The van der Waals surface area contributed by atoms with Crippen LogP contribution in [0.1, 0.15) is 5.56 Å². The Balaban J connectivity index is 2.52. The predicted molar refractivity (Wildman–Crippen MR) is 52.2 cm³/mol. The number of carbonyl (C=O) groups excluding carboxylic acids is 1. The first-order valence-corrected chi connectivity index (χ1v) is 4.33. The van der Waals surface area contributed by atoms with E-state index in [-0.39, 0.29) is 6.42 Å². The lowest BCUT2D eigenvalue weighted by atomic mass is 10.1. The van der Waals surface area contributed by atoms with Crippen molar-refractivity contribution in [3.63, 3.8) is 0 Å². The molecule has 80 valence electrons. The number of ether oxygens (including phenoxy) is 1. The van der Waals surface area contributed by atoms with Gasteiger partial charge in [-0.3, -0.25) is 0 Å². The van der Waals surface area contributed by atoms with Gasteiger partial charge in [0.25, 0.3) is 0 Å². The van der Waals surface area contributed by atoms with Gasteiger partial charge in [-0.05, 0) is 12.0 Å². The van der Waals surface area contributed by atoms with E-state index in [2.05, 4.69) is 4.74 Å². The van der Waals surface area contributed by atoms with E-state index in [0.29, 0.717) is 0 Å². The molecule has 3 N–H and O–H groups in total. The molecule has 0 aliphatic rings. The summed E-state index contributed by atoms with van der Waals surface area (Å²) < 4.78 is 3.94. The van der Waals surface area contributed by atoms with Crippen LogP contribution in [0.2, 0.25) is 0 Å². The minimum Gasteiger partial charge on any atom is -0.449 e. The molecule has 5 nitrogen and oxygen atoms in total. The Hall–Kier alpha value is -1.88. The second-order valence-corrected chi connectivity index (χ2v) is 2.98. The van der Waals surface area contributed by atoms with E-state index in [4.69, 9.17) is 10.8 Å². The van der Waals surface area contributed by atoms with Crippen LogP contribution >= 0.6 is 0 Å². The van der Waals surface area contributed by atoms with Crippen molar-refractivity contribution in [3.05, 3.63) is 35.9 Å². The summed E-state index contributed by atoms with van der Waals surface area (Å²) in [7, 11) is 0. The number of esters is 1. The van der Waals surface area contributed by atoms with Crippen molar-refractivity contribution in [3.8, 4) is 0 Å². The fourth-order valence-electron chi connectivity index (χ4n) is 1.11. The molecular formula is C10H11NO4. The molecule has 0 fully saturated rings. The van der Waals surface area contributed by atoms with Gasteiger partial charge in [-0.15, -0.1) is 0 Å². The molecule has 0 aliphatic heterocycles. The summed E-state index contributed by atoms with van der Waals surface area (Å²) in [6.45, 7) is 0. The topological polar surface area (TPSA) is 89.6 Å². The Morgan fingerprint density at radius 2 is 1.93 bits per heavy atom. The van der Waals surface area contributed by atoms with Gasteiger partial charge >= 0.3 is 12.1 Å². The lowest BCUT2D eigenvalue weighted by Gasteiger charge is -2.08. The van der Waals surface area contributed by atoms with Crippen LogP contribution in [0.25, 0.3) is 0 Å². The molecule has 5 heteroatoms. The molecular weight excluding hydrogens is 198 g/mol. The summed E-state index contributed by atoms with van der Waals surface area (Å²) >= 11 is 0. The molecule has 1 aromatic rings. The first-order valence-electron chi connectivity index (χ1n) is 4.33. The Labute approximate surface area is 86.5 Å². The van der Waals surface area contributed by atoms with Gasteiger partial charge in [0.15, 0.2) is 0 Å². The highest BCUT2D eigenvalue weighted by atomic mass is 16.7. The van der Waals surface area contributed by atoms with E-state index < -0.39 is 18.2 Å². The number of nitrogens with two attached hydrogens (primary N) is 1. The summed E-state index contributed by atoms with van der Waals surface area (Å²) in [5.74, 6) is -0.939. The van der Waals surface area contributed by atoms with Crippen molar-refractivity contribution in [1.82, 2.24) is 0 Å². The van der Waals surface area contributed by atoms with Gasteiger partial charge in [0.1, 0.15) is 6.04 Å². The zero-order valence-corrected chi connectivity index (χ0v) is 7.92. The molecule has 0 aliphatic carbocycles. The molecule has 1 atom stereocenters. The number of benzene rings is 1. The zero-order valence-electron chi connectivity index (χ0n) is 7.92. The number of carboxylic acid groups (broad SMARTS) is 1. The number of hydrogen-bond acceptors (Lipinski definition) is 4. The van der Waals surface area contributed by atoms with E-state index in [1.165, 1.54) is 0 Å². The smallest absolute Gasteiger partial charge is 0.449 e. The van der Waals surface area contributed by atoms with E-state index in [1.807, 2.05) is 18.2 Å². The lowest BCUT2D eigenvalue weighted by Crippen LogP contribution is -2.35. The van der Waals surface area contributed by atoms with Crippen molar-refractivity contribution >= 4 is 12.1 Å². The van der Waals surface area contributed by atoms with E-state index in [0.717, 1.165) is 5.56 Å². The van der Waals surface area contributed by atoms with Crippen molar-refractivity contribution in [1.29, 1.82) is 0 Å². The average Bonchev–Trinajstić information content (AvgIpc) is 2.18. The summed E-state index contributed by atoms with van der Waals surface area (Å²) in [5, 5.41) is 8.20. The fourth-order valence-corrected chi connectivity index (χ4v) is 1.11. The number of hydrogen-bond donors (Lipinski definition) is 2. The van der Waals surface area contributed by atoms with Gasteiger partial charge in [-0.25, -0.2) is 9.59 Å². The molecule has 0 aromatic heterocycles. The molecule has 0 heterocycles. The average molecular weight is 209 g/mol. The highest BCUT2D eigenvalue weighted by molar-refractivity contribution is 5.84. The van der Waals surface area contributed by atoms with E-state index in [9.17, 15) is 9.59 Å². The van der Waals surface area contributed by atoms with Crippen molar-refractivity contribution in [2.24, 2.45) is 5.73 Å². The Morgan fingerprint density at radius 3 is 2.47 bits per heavy atom. The van der Waals surface area contributed by atoms with Gasteiger partial charge < -0.3 is 15.6 Å². The van der Waals surface area contributed by atoms with Gasteiger partial charge in [0.05, 0.1) is 0 Å². The maximum absolute atomic E-state index is 11.0. The maximum Gasteiger partial charge on any atom is 0.513 e. The third-order valence-electron chi connectivity index (χ3n) is 1.79. The number of rotatable bonds is 3. The molecule has 0 spiro atoms. The minimum atomic E-state index is -1.64. The highest BCUT2D eigenvalue weighted by Crippen LogP contribution is 2.02. The van der Waals surface area contributed by atoms with Crippen LogP contribution in [0.15, 0.2) is 30.3 Å². The van der Waals surface area contributed by atoms with E-state index in [1.54, 1.807) is 12.1 Å². The van der Waals surface area contributed by atoms with Crippen molar-refractivity contribution in [2.45, 2.75) is 12.5 Å². The zero-order chi connectivity index (χ0) is 11.3. The molecule has 0 amide bonds. The van der Waals surface area contributed by atoms with Crippen LogP contribution < -0.4 is 5.73 Å². The van der Waals surface area contributed by atoms with Gasteiger partial charge in [-0.2, -0.15) is 0 Å². The normalized spacial score (nSPS) is 11.8. The Morgan fingerprint density at radius 1 is 1.33 bits per heavy atom. The summed E-state index contributed by atoms with van der Waals surface area (Å²) in [4.78, 5) is 21.1. The SMILES string of the molecule is NC(Cc1ccccc1)C(=O)OC(=O)O. The van der Waals surface area contributed by atoms with Crippen LogP contribution in [0.4, 0.5) is 4.79 Å². The Bertz CT molecular complexity index is 350. The molecule has 1 unspecified atom stereocenters. The molecule has 1 rings (SSSR count). The van der Waals surface area contributed by atoms with Gasteiger partial charge in [0, 0.05) is 0 Å². The number of carbonyl (C=O) groups is 2. The highest BCUT2D eigenvalue weighted by Gasteiger charge is 2.18. The van der Waals surface area contributed by atoms with Crippen molar-refractivity contribution < 1.29 is 19.4 Å². The van der Waals surface area contributed by atoms with Gasteiger partial charge in [0.2, 0.25) is 0 Å². The predicted octanol–water partition coefficient (Wildman–Crippen LogP) is 0.778. The summed E-state index contributed by atoms with van der Waals surface area (Å²) in [6.07, 6.45) is -1.38. The minimum absolute atomic E-state index is 0.257. The molecule has 0 bridgehead atoms. The molecule has 0 saturated heterocycles. The lowest BCUT2D eigenvalue weighted by molar-refractivity contribution is -0.140. The maximum atomic E-state index is 11.0. The summed E-state index contributed by atoms with van der Waals surface area (Å²) in [5.41, 5.74) is 6.31. The van der Waals surface area contributed by atoms with Crippen LogP contribution in [0, 0.1) is 0 Å².